The molecular formula is C8H10Br2N2O2. The van der Waals surface area contributed by atoms with Gasteiger partial charge in [0.15, 0.2) is 0 Å². The minimum Gasteiger partial charge on any atom is -0.390 e. The molecule has 78 valence electrons. The van der Waals surface area contributed by atoms with Crippen molar-refractivity contribution in [1.82, 2.24) is 4.57 Å². The van der Waals surface area contributed by atoms with E-state index in [0.29, 0.717) is 4.47 Å². The Kier molecular flexibility index (Phi) is 4.31. The summed E-state index contributed by atoms with van der Waals surface area (Å²) >= 11 is 6.39. The number of rotatable bonds is 3. The van der Waals surface area contributed by atoms with Crippen molar-refractivity contribution in [3.63, 3.8) is 0 Å². The van der Waals surface area contributed by atoms with Gasteiger partial charge < -0.3 is 15.4 Å². The first kappa shape index (κ1) is 11.9. The van der Waals surface area contributed by atoms with E-state index in [1.54, 1.807) is 12.3 Å². The van der Waals surface area contributed by atoms with E-state index in [0.717, 1.165) is 4.47 Å². The van der Waals surface area contributed by atoms with Crippen LogP contribution >= 0.6 is 31.9 Å². The topological polar surface area (TPSA) is 68.2 Å². The largest absolute Gasteiger partial charge is 0.390 e. The van der Waals surface area contributed by atoms with E-state index in [1.165, 1.54) is 4.57 Å². The summed E-state index contributed by atoms with van der Waals surface area (Å²) in [5, 5.41) is 9.30. The van der Waals surface area contributed by atoms with Crippen molar-refractivity contribution < 1.29 is 5.11 Å². The molecule has 0 aliphatic carbocycles. The van der Waals surface area contributed by atoms with Crippen molar-refractivity contribution in [2.75, 3.05) is 6.54 Å². The molecule has 4 nitrogen and oxygen atoms in total. The number of aliphatic hydroxyl groups is 1. The minimum atomic E-state index is -0.700. The quantitative estimate of drug-likeness (QED) is 0.859. The van der Waals surface area contributed by atoms with Gasteiger partial charge in [0.1, 0.15) is 0 Å². The number of pyridine rings is 1. The number of nitrogens with two attached hydrogens (primary N) is 1. The lowest BCUT2D eigenvalue weighted by atomic mass is 10.3. The highest BCUT2D eigenvalue weighted by atomic mass is 79.9. The average Bonchev–Trinajstić information content (AvgIpc) is 2.13. The van der Waals surface area contributed by atoms with Crippen LogP contribution in [0.25, 0.3) is 0 Å². The van der Waals surface area contributed by atoms with Crippen LogP contribution in [0.5, 0.6) is 0 Å². The van der Waals surface area contributed by atoms with E-state index in [-0.39, 0.29) is 18.6 Å². The number of hydrogen-bond donors (Lipinski definition) is 2. The summed E-state index contributed by atoms with van der Waals surface area (Å²) in [6, 6.07) is 1.66. The molecule has 14 heavy (non-hydrogen) atoms. The highest BCUT2D eigenvalue weighted by Crippen LogP contribution is 2.12. The lowest BCUT2D eigenvalue weighted by Gasteiger charge is -2.10. The number of aromatic nitrogens is 1. The van der Waals surface area contributed by atoms with Crippen LogP contribution in [0.4, 0.5) is 0 Å². The Morgan fingerprint density at radius 3 is 2.79 bits per heavy atom. The molecule has 1 atom stereocenters. The lowest BCUT2D eigenvalue weighted by molar-refractivity contribution is 0.160. The van der Waals surface area contributed by atoms with Gasteiger partial charge >= 0.3 is 0 Å². The van der Waals surface area contributed by atoms with Crippen LogP contribution in [0.15, 0.2) is 26.0 Å². The van der Waals surface area contributed by atoms with Crippen LogP contribution in [0.3, 0.4) is 0 Å². The van der Waals surface area contributed by atoms with E-state index in [2.05, 4.69) is 31.9 Å². The Morgan fingerprint density at radius 1 is 1.57 bits per heavy atom. The third-order valence-electron chi connectivity index (χ3n) is 1.69. The predicted octanol–water partition coefficient (Wildman–Crippen LogP) is 0.693. The maximum Gasteiger partial charge on any atom is 0.264 e. The molecule has 0 saturated heterocycles. The van der Waals surface area contributed by atoms with E-state index in [9.17, 15) is 9.90 Å². The minimum absolute atomic E-state index is 0.135. The first-order valence-corrected chi connectivity index (χ1v) is 5.57. The zero-order chi connectivity index (χ0) is 10.7. The smallest absolute Gasteiger partial charge is 0.264 e. The van der Waals surface area contributed by atoms with Crippen molar-refractivity contribution in [3.05, 3.63) is 31.6 Å². The first-order valence-electron chi connectivity index (χ1n) is 3.98. The summed E-state index contributed by atoms with van der Waals surface area (Å²) in [4.78, 5) is 11.5. The van der Waals surface area contributed by atoms with Crippen molar-refractivity contribution in [2.45, 2.75) is 12.6 Å². The summed E-state index contributed by atoms with van der Waals surface area (Å²) in [6.07, 6.45) is 0.917. The number of aliphatic hydroxyl groups excluding tert-OH is 1. The zero-order valence-corrected chi connectivity index (χ0v) is 10.5. The van der Waals surface area contributed by atoms with Crippen LogP contribution in [0.1, 0.15) is 0 Å². The van der Waals surface area contributed by atoms with Gasteiger partial charge in [0.05, 0.1) is 17.1 Å². The fourth-order valence-corrected chi connectivity index (χ4v) is 2.26. The molecule has 3 N–H and O–H groups in total. The molecule has 0 aliphatic heterocycles. The van der Waals surface area contributed by atoms with Crippen molar-refractivity contribution in [2.24, 2.45) is 5.73 Å². The standard InChI is InChI=1S/C8H10Br2N2O2/c9-5-1-7(10)8(14)12(3-5)4-6(13)2-11/h1,3,6,13H,2,4,11H2/t6-/m0/s1. The van der Waals surface area contributed by atoms with Gasteiger partial charge in [0.25, 0.3) is 5.56 Å². The molecule has 1 heterocycles. The van der Waals surface area contributed by atoms with Gasteiger partial charge in [-0.2, -0.15) is 0 Å². The lowest BCUT2D eigenvalue weighted by Crippen LogP contribution is -2.31. The zero-order valence-electron chi connectivity index (χ0n) is 7.28. The second-order valence-electron chi connectivity index (χ2n) is 2.85. The van der Waals surface area contributed by atoms with Crippen molar-refractivity contribution >= 4 is 31.9 Å². The Hall–Kier alpha value is -0.170. The molecule has 0 amide bonds. The number of halogens is 2. The van der Waals surface area contributed by atoms with E-state index in [4.69, 9.17) is 5.73 Å². The van der Waals surface area contributed by atoms with E-state index < -0.39 is 6.10 Å². The van der Waals surface area contributed by atoms with Crippen molar-refractivity contribution in [3.8, 4) is 0 Å². The summed E-state index contributed by atoms with van der Waals surface area (Å²) in [5.74, 6) is 0. The molecule has 0 fully saturated rings. The molecule has 0 unspecified atom stereocenters. The predicted molar refractivity (Wildman–Crippen MR) is 61.2 cm³/mol. The highest BCUT2D eigenvalue weighted by molar-refractivity contribution is 9.11. The van der Waals surface area contributed by atoms with Crippen LogP contribution < -0.4 is 11.3 Å². The Balaban J connectivity index is 3.02. The third kappa shape index (κ3) is 2.91. The molecular weight excluding hydrogens is 316 g/mol. The van der Waals surface area contributed by atoms with E-state index in [1.807, 2.05) is 0 Å². The van der Waals surface area contributed by atoms with Crippen LogP contribution in [-0.2, 0) is 6.54 Å². The van der Waals surface area contributed by atoms with Crippen LogP contribution in [-0.4, -0.2) is 22.3 Å². The summed E-state index contributed by atoms with van der Waals surface area (Å²) < 4.78 is 2.63. The Labute approximate surface area is 98.0 Å². The van der Waals surface area contributed by atoms with Gasteiger partial charge in [0, 0.05) is 17.2 Å². The molecule has 0 radical (unpaired) electrons. The molecule has 1 aromatic rings. The highest BCUT2D eigenvalue weighted by Gasteiger charge is 2.07. The number of nitrogens with zero attached hydrogens (tertiary/aromatic N) is 1. The fraction of sp³-hybridized carbons (Fsp3) is 0.375. The van der Waals surface area contributed by atoms with Crippen LogP contribution in [0.2, 0.25) is 0 Å². The summed E-state index contributed by atoms with van der Waals surface area (Å²) in [7, 11) is 0. The van der Waals surface area contributed by atoms with Gasteiger partial charge in [0.2, 0.25) is 0 Å². The molecule has 0 saturated carbocycles. The van der Waals surface area contributed by atoms with Gasteiger partial charge in [-0.15, -0.1) is 0 Å². The second kappa shape index (κ2) is 5.06. The van der Waals surface area contributed by atoms with Crippen LogP contribution in [0, 0.1) is 0 Å². The normalized spacial score (nSPS) is 12.9. The van der Waals surface area contributed by atoms with Gasteiger partial charge in [-0.1, -0.05) is 0 Å². The summed E-state index contributed by atoms with van der Waals surface area (Å²) in [5.41, 5.74) is 5.08. The van der Waals surface area contributed by atoms with Crippen molar-refractivity contribution in [1.29, 1.82) is 0 Å². The molecule has 0 bridgehead atoms. The first-order chi connectivity index (χ1) is 6.54. The molecule has 1 aromatic heterocycles. The molecule has 0 spiro atoms. The maximum atomic E-state index is 11.5. The molecule has 0 aliphatic rings. The SMILES string of the molecule is NC[C@H](O)Cn1cc(Br)cc(Br)c1=O. The molecule has 1 rings (SSSR count). The fourth-order valence-electron chi connectivity index (χ4n) is 1.00. The molecule has 0 aromatic carbocycles. The van der Waals surface area contributed by atoms with Gasteiger partial charge in [-0.3, -0.25) is 4.79 Å². The summed E-state index contributed by atoms with van der Waals surface area (Å²) in [6.45, 7) is 0.337. The monoisotopic (exact) mass is 324 g/mol. The second-order valence-corrected chi connectivity index (χ2v) is 4.62. The Morgan fingerprint density at radius 2 is 2.21 bits per heavy atom. The molecule has 6 heteroatoms. The van der Waals surface area contributed by atoms with Gasteiger partial charge in [-0.05, 0) is 37.9 Å². The maximum absolute atomic E-state index is 11.5. The van der Waals surface area contributed by atoms with Gasteiger partial charge in [-0.25, -0.2) is 0 Å². The van der Waals surface area contributed by atoms with E-state index >= 15 is 0 Å². The number of hydrogen-bond acceptors (Lipinski definition) is 3. The Bertz CT molecular complexity index is 378. The third-order valence-corrected chi connectivity index (χ3v) is 2.69. The average molecular weight is 326 g/mol.